The molecule has 2 aromatic rings. The Morgan fingerprint density at radius 3 is 2.94 bits per heavy atom. The molecule has 0 aromatic carbocycles. The first-order valence-electron chi connectivity index (χ1n) is 5.95. The van der Waals surface area contributed by atoms with Crippen LogP contribution in [0.25, 0.3) is 0 Å². The van der Waals surface area contributed by atoms with Gasteiger partial charge in [0.25, 0.3) is 0 Å². The van der Waals surface area contributed by atoms with Crippen molar-refractivity contribution in [3.63, 3.8) is 0 Å². The first kappa shape index (κ1) is 10.4. The van der Waals surface area contributed by atoms with Crippen molar-refractivity contribution in [2.75, 3.05) is 6.54 Å². The number of aryl methyl sites for hydroxylation is 1. The lowest BCUT2D eigenvalue weighted by Crippen LogP contribution is -2.34. The lowest BCUT2D eigenvalue weighted by molar-refractivity contribution is 0.448. The predicted octanol–water partition coefficient (Wildman–Crippen LogP) is 0.928. The van der Waals surface area contributed by atoms with Crippen LogP contribution in [0.2, 0.25) is 0 Å². The molecule has 1 aliphatic rings. The number of aromatic nitrogens is 4. The summed E-state index contributed by atoms with van der Waals surface area (Å²) in [4.78, 5) is 4.05. The van der Waals surface area contributed by atoms with E-state index < -0.39 is 0 Å². The largest absolute Gasteiger partial charge is 0.312 e. The van der Waals surface area contributed by atoms with Crippen molar-refractivity contribution in [3.05, 3.63) is 41.7 Å². The van der Waals surface area contributed by atoms with E-state index in [0.717, 1.165) is 31.2 Å². The number of fused-ring (bicyclic) bond motifs is 1. The van der Waals surface area contributed by atoms with Gasteiger partial charge in [0.2, 0.25) is 0 Å². The van der Waals surface area contributed by atoms with Crippen LogP contribution in [0.4, 0.5) is 0 Å². The molecule has 3 rings (SSSR count). The minimum atomic E-state index is 0.138. The molecule has 3 heterocycles. The number of pyridine rings is 1. The van der Waals surface area contributed by atoms with Crippen molar-refractivity contribution in [2.45, 2.75) is 25.9 Å². The molecule has 1 aliphatic heterocycles. The highest BCUT2D eigenvalue weighted by Crippen LogP contribution is 2.23. The summed E-state index contributed by atoms with van der Waals surface area (Å²) < 4.78 is 2.22. The van der Waals surface area contributed by atoms with Crippen molar-refractivity contribution in [1.29, 1.82) is 0 Å². The van der Waals surface area contributed by atoms with Crippen LogP contribution in [0, 0.1) is 0 Å². The van der Waals surface area contributed by atoms with Gasteiger partial charge in [-0.1, -0.05) is 6.92 Å². The standard InChI is InChI=1S/C12H15N5/c1-2-10-15-16-12-11(14-7-8-17(10)12)9-3-5-13-6-4-9/h3-6,11,14H,2,7-8H2,1H3. The van der Waals surface area contributed by atoms with Crippen LogP contribution in [0.5, 0.6) is 0 Å². The normalized spacial score (nSPS) is 19.0. The molecule has 0 radical (unpaired) electrons. The number of nitrogens with one attached hydrogen (secondary N) is 1. The zero-order valence-electron chi connectivity index (χ0n) is 9.80. The van der Waals surface area contributed by atoms with Gasteiger partial charge in [-0.3, -0.25) is 4.98 Å². The van der Waals surface area contributed by atoms with E-state index >= 15 is 0 Å². The summed E-state index contributed by atoms with van der Waals surface area (Å²) >= 11 is 0. The fourth-order valence-electron chi connectivity index (χ4n) is 2.30. The van der Waals surface area contributed by atoms with Crippen LogP contribution < -0.4 is 5.32 Å². The smallest absolute Gasteiger partial charge is 0.154 e. The minimum absolute atomic E-state index is 0.138. The van der Waals surface area contributed by atoms with E-state index in [-0.39, 0.29) is 6.04 Å². The summed E-state index contributed by atoms with van der Waals surface area (Å²) in [5.41, 5.74) is 1.19. The van der Waals surface area contributed by atoms with E-state index in [4.69, 9.17) is 0 Å². The summed E-state index contributed by atoms with van der Waals surface area (Å²) in [6.07, 6.45) is 4.55. The number of rotatable bonds is 2. The van der Waals surface area contributed by atoms with Crippen molar-refractivity contribution >= 4 is 0 Å². The molecule has 0 bridgehead atoms. The monoisotopic (exact) mass is 229 g/mol. The zero-order chi connectivity index (χ0) is 11.7. The van der Waals surface area contributed by atoms with E-state index in [0.29, 0.717) is 0 Å². The fourth-order valence-corrected chi connectivity index (χ4v) is 2.30. The maximum absolute atomic E-state index is 4.32. The molecule has 5 heteroatoms. The van der Waals surface area contributed by atoms with E-state index in [9.17, 15) is 0 Å². The van der Waals surface area contributed by atoms with Gasteiger partial charge in [-0.25, -0.2) is 0 Å². The predicted molar refractivity (Wildman–Crippen MR) is 63.5 cm³/mol. The average Bonchev–Trinajstić information content (AvgIpc) is 2.82. The Bertz CT molecular complexity index is 505. The molecule has 0 spiro atoms. The van der Waals surface area contributed by atoms with E-state index in [1.807, 2.05) is 24.5 Å². The van der Waals surface area contributed by atoms with Crippen LogP contribution in [-0.2, 0) is 13.0 Å². The Morgan fingerprint density at radius 2 is 2.18 bits per heavy atom. The van der Waals surface area contributed by atoms with E-state index in [2.05, 4.69) is 32.0 Å². The third kappa shape index (κ3) is 1.72. The van der Waals surface area contributed by atoms with Crippen molar-refractivity contribution in [3.8, 4) is 0 Å². The maximum Gasteiger partial charge on any atom is 0.154 e. The zero-order valence-corrected chi connectivity index (χ0v) is 9.80. The molecular weight excluding hydrogens is 214 g/mol. The summed E-state index contributed by atoms with van der Waals surface area (Å²) in [5.74, 6) is 2.08. The highest BCUT2D eigenvalue weighted by molar-refractivity contribution is 5.24. The van der Waals surface area contributed by atoms with Crippen LogP contribution >= 0.6 is 0 Å². The van der Waals surface area contributed by atoms with Crippen LogP contribution in [0.1, 0.15) is 30.2 Å². The highest BCUT2D eigenvalue weighted by atomic mass is 15.3. The van der Waals surface area contributed by atoms with Crippen molar-refractivity contribution in [2.24, 2.45) is 0 Å². The third-order valence-electron chi connectivity index (χ3n) is 3.15. The molecule has 17 heavy (non-hydrogen) atoms. The third-order valence-corrected chi connectivity index (χ3v) is 3.15. The van der Waals surface area contributed by atoms with Gasteiger partial charge < -0.3 is 9.88 Å². The van der Waals surface area contributed by atoms with Crippen LogP contribution in [0.15, 0.2) is 24.5 Å². The SMILES string of the molecule is CCc1nnc2n1CCNC2c1ccncc1. The van der Waals surface area contributed by atoms with Gasteiger partial charge in [0, 0.05) is 31.9 Å². The molecule has 1 N–H and O–H groups in total. The Morgan fingerprint density at radius 1 is 1.35 bits per heavy atom. The molecule has 1 atom stereocenters. The Balaban J connectivity index is 2.03. The highest BCUT2D eigenvalue weighted by Gasteiger charge is 2.25. The summed E-state index contributed by atoms with van der Waals surface area (Å²) in [6.45, 7) is 4.01. The van der Waals surface area contributed by atoms with E-state index in [1.54, 1.807) is 0 Å². The first-order valence-corrected chi connectivity index (χ1v) is 5.95. The Hall–Kier alpha value is -1.75. The van der Waals surface area contributed by atoms with Gasteiger partial charge in [0.1, 0.15) is 5.82 Å². The first-order chi connectivity index (χ1) is 8.40. The molecule has 0 fully saturated rings. The molecule has 1 unspecified atom stereocenters. The summed E-state index contributed by atoms with van der Waals surface area (Å²) in [7, 11) is 0. The molecule has 0 aliphatic carbocycles. The summed E-state index contributed by atoms with van der Waals surface area (Å²) in [5, 5.41) is 12.0. The van der Waals surface area contributed by atoms with Crippen molar-refractivity contribution < 1.29 is 0 Å². The molecule has 88 valence electrons. The van der Waals surface area contributed by atoms with Crippen LogP contribution in [-0.4, -0.2) is 26.3 Å². The lowest BCUT2D eigenvalue weighted by Gasteiger charge is -2.25. The molecule has 0 saturated heterocycles. The average molecular weight is 229 g/mol. The second-order valence-corrected chi connectivity index (χ2v) is 4.15. The number of hydrogen-bond donors (Lipinski definition) is 1. The van der Waals surface area contributed by atoms with Crippen molar-refractivity contribution in [1.82, 2.24) is 25.1 Å². The minimum Gasteiger partial charge on any atom is -0.312 e. The number of nitrogens with zero attached hydrogens (tertiary/aromatic N) is 4. The molecular formula is C12H15N5. The van der Waals surface area contributed by atoms with Gasteiger partial charge in [-0.15, -0.1) is 10.2 Å². The lowest BCUT2D eigenvalue weighted by atomic mass is 10.1. The topological polar surface area (TPSA) is 55.6 Å². The molecule has 0 amide bonds. The van der Waals surface area contributed by atoms with Gasteiger partial charge >= 0.3 is 0 Å². The van der Waals surface area contributed by atoms with Gasteiger partial charge in [0.05, 0.1) is 6.04 Å². The van der Waals surface area contributed by atoms with Gasteiger partial charge in [0.15, 0.2) is 5.82 Å². The molecule has 2 aromatic heterocycles. The van der Waals surface area contributed by atoms with Crippen LogP contribution in [0.3, 0.4) is 0 Å². The quantitative estimate of drug-likeness (QED) is 0.832. The Kier molecular flexibility index (Phi) is 2.60. The summed E-state index contributed by atoms with van der Waals surface area (Å²) in [6, 6.07) is 4.18. The van der Waals surface area contributed by atoms with Gasteiger partial charge in [-0.05, 0) is 17.7 Å². The Labute approximate surface area is 99.9 Å². The second-order valence-electron chi connectivity index (χ2n) is 4.15. The molecule has 5 nitrogen and oxygen atoms in total. The van der Waals surface area contributed by atoms with E-state index in [1.165, 1.54) is 5.56 Å². The van der Waals surface area contributed by atoms with Gasteiger partial charge in [-0.2, -0.15) is 0 Å². The maximum atomic E-state index is 4.32. The second kappa shape index (κ2) is 4.25. The fraction of sp³-hybridized carbons (Fsp3) is 0.417. The number of hydrogen-bond acceptors (Lipinski definition) is 4. The molecule has 0 saturated carbocycles.